The maximum Gasteiger partial charge on any atom is 0.224 e. The number of imidazole rings is 1. The van der Waals surface area contributed by atoms with Crippen LogP contribution in [0.25, 0.3) is 11.2 Å². The number of aliphatic hydroxyl groups is 1. The fraction of sp³-hybridized carbons (Fsp3) is 0.500. The second kappa shape index (κ2) is 10.5. The number of ether oxygens (including phenoxy) is 1. The highest BCUT2D eigenvalue weighted by molar-refractivity contribution is 5.78. The van der Waals surface area contributed by atoms with Crippen LogP contribution < -0.4 is 16.4 Å². The number of nitrogens with one attached hydrogen (secondary N) is 2. The van der Waals surface area contributed by atoms with Crippen molar-refractivity contribution in [3.05, 3.63) is 35.8 Å². The largest absolute Gasteiger partial charge is 0.394 e. The van der Waals surface area contributed by atoms with Gasteiger partial charge in [-0.3, -0.25) is 9.36 Å². The summed E-state index contributed by atoms with van der Waals surface area (Å²) in [5, 5.41) is 15.4. The zero-order valence-electron chi connectivity index (χ0n) is 20.0. The molecule has 3 aromatic rings. The monoisotopic (exact) mass is 519 g/mol. The van der Waals surface area contributed by atoms with Crippen LogP contribution in [0.4, 0.5) is 30.8 Å². The molecule has 1 aliphatic heterocycles. The van der Waals surface area contributed by atoms with Crippen molar-refractivity contribution < 1.29 is 27.8 Å². The molecule has 2 fully saturated rings. The Morgan fingerprint density at radius 1 is 1.14 bits per heavy atom. The van der Waals surface area contributed by atoms with E-state index in [1.807, 2.05) is 0 Å². The Morgan fingerprint density at radius 2 is 1.86 bits per heavy atom. The van der Waals surface area contributed by atoms with Gasteiger partial charge in [0.25, 0.3) is 0 Å². The van der Waals surface area contributed by atoms with Crippen LogP contribution in [0.1, 0.15) is 44.6 Å². The third-order valence-corrected chi connectivity index (χ3v) is 7.04. The van der Waals surface area contributed by atoms with Crippen molar-refractivity contribution in [3.63, 3.8) is 0 Å². The van der Waals surface area contributed by atoms with Crippen molar-refractivity contribution in [1.82, 2.24) is 19.5 Å². The first kappa shape index (κ1) is 25.2. The molecule has 198 valence electrons. The Balaban J connectivity index is 1.50. The highest BCUT2D eigenvalue weighted by Crippen LogP contribution is 2.37. The lowest BCUT2D eigenvalue weighted by atomic mass is 9.85. The van der Waals surface area contributed by atoms with Gasteiger partial charge in [-0.2, -0.15) is 4.98 Å². The number of nitrogens with zero attached hydrogens (tertiary/aromatic N) is 4. The summed E-state index contributed by atoms with van der Waals surface area (Å²) in [4.78, 5) is 25.2. The Bertz CT molecular complexity index is 1270. The van der Waals surface area contributed by atoms with Crippen LogP contribution in [0.2, 0.25) is 0 Å². The Kier molecular flexibility index (Phi) is 7.15. The number of fused-ring (bicyclic) bond motifs is 1. The van der Waals surface area contributed by atoms with Crippen LogP contribution >= 0.6 is 0 Å². The van der Waals surface area contributed by atoms with Crippen LogP contribution in [-0.4, -0.2) is 55.9 Å². The molecule has 5 rings (SSSR count). The molecule has 1 saturated carbocycles. The number of primary amides is 1. The summed E-state index contributed by atoms with van der Waals surface area (Å²) in [6, 6.07) is 0.988. The zero-order chi connectivity index (χ0) is 26.1. The van der Waals surface area contributed by atoms with Gasteiger partial charge in [0.2, 0.25) is 17.8 Å². The Hall–Kier alpha value is -3.45. The van der Waals surface area contributed by atoms with Gasteiger partial charge >= 0.3 is 0 Å². The summed E-state index contributed by atoms with van der Waals surface area (Å²) < 4.78 is 49.6. The summed E-state index contributed by atoms with van der Waals surface area (Å²) in [6.45, 7) is 0.416. The van der Waals surface area contributed by atoms with Gasteiger partial charge < -0.3 is 26.2 Å². The van der Waals surface area contributed by atoms with E-state index in [0.29, 0.717) is 74.4 Å². The molecule has 3 heterocycles. The number of aliphatic hydroxyl groups excluding tert-OH is 1. The zero-order valence-corrected chi connectivity index (χ0v) is 20.0. The fourth-order valence-electron chi connectivity index (χ4n) is 5.11. The molecule has 1 saturated heterocycles. The van der Waals surface area contributed by atoms with Gasteiger partial charge in [-0.25, -0.2) is 23.1 Å². The number of carbonyl (C=O) groups excluding carboxylic acids is 1. The van der Waals surface area contributed by atoms with E-state index in [1.54, 1.807) is 4.57 Å². The maximum absolute atomic E-state index is 14.5. The number of hydrogen-bond donors (Lipinski definition) is 4. The molecule has 0 radical (unpaired) electrons. The first-order valence-corrected chi connectivity index (χ1v) is 12.3. The van der Waals surface area contributed by atoms with Crippen molar-refractivity contribution in [2.24, 2.45) is 11.7 Å². The molecule has 37 heavy (non-hydrogen) atoms. The maximum atomic E-state index is 14.5. The van der Waals surface area contributed by atoms with Crippen molar-refractivity contribution >= 4 is 34.7 Å². The molecule has 1 aliphatic carbocycles. The van der Waals surface area contributed by atoms with Crippen LogP contribution in [-0.2, 0) is 9.53 Å². The van der Waals surface area contributed by atoms with Crippen LogP contribution in [0, 0.1) is 23.4 Å². The van der Waals surface area contributed by atoms with E-state index >= 15 is 0 Å². The lowest BCUT2D eigenvalue weighted by molar-refractivity contribution is -0.122. The van der Waals surface area contributed by atoms with E-state index in [0.717, 1.165) is 0 Å². The number of halogens is 3. The summed E-state index contributed by atoms with van der Waals surface area (Å²) in [6.07, 6.45) is 4.81. The Labute approximate surface area is 210 Å². The van der Waals surface area contributed by atoms with E-state index in [-0.39, 0.29) is 42.6 Å². The van der Waals surface area contributed by atoms with Gasteiger partial charge in [0.15, 0.2) is 17.3 Å². The van der Waals surface area contributed by atoms with Crippen LogP contribution in [0.3, 0.4) is 0 Å². The molecule has 1 amide bonds. The molecule has 2 atom stereocenters. The molecule has 0 unspecified atom stereocenters. The van der Waals surface area contributed by atoms with Gasteiger partial charge in [-0.05, 0) is 38.5 Å². The van der Waals surface area contributed by atoms with Gasteiger partial charge in [-0.15, -0.1) is 0 Å². The number of anilines is 3. The molecule has 0 spiro atoms. The standard InChI is InChI=1S/C24H28F3N7O3/c25-13-7-17(26)20(18(27)8-13)32-24-31-19-10-29-23(30-14-5-6-37-16(9-14)11-35)33-22(19)34(24)15-3-1-12(2-4-15)21(28)36/h7-8,10,12,14-16,35H,1-6,9,11H2,(H2,28,36)(H,31,32)(H,29,30,33)/t12-,14-,15-,16+/m1/s1. The van der Waals surface area contributed by atoms with E-state index in [9.17, 15) is 23.1 Å². The smallest absolute Gasteiger partial charge is 0.224 e. The van der Waals surface area contributed by atoms with Crippen molar-refractivity contribution in [3.8, 4) is 0 Å². The predicted molar refractivity (Wildman–Crippen MR) is 129 cm³/mol. The van der Waals surface area contributed by atoms with Gasteiger partial charge in [-0.1, -0.05) is 0 Å². The minimum atomic E-state index is -1.10. The summed E-state index contributed by atoms with van der Waals surface area (Å²) >= 11 is 0. The quantitative estimate of drug-likeness (QED) is 0.373. The van der Waals surface area contributed by atoms with E-state index in [2.05, 4.69) is 25.6 Å². The summed E-state index contributed by atoms with van der Waals surface area (Å²) in [7, 11) is 0. The second-order valence-corrected chi connectivity index (χ2v) is 9.53. The summed E-state index contributed by atoms with van der Waals surface area (Å²) in [5.41, 5.74) is 5.79. The lowest BCUT2D eigenvalue weighted by Gasteiger charge is -2.29. The van der Waals surface area contributed by atoms with E-state index in [1.165, 1.54) is 6.20 Å². The minimum absolute atomic E-state index is 0.00858. The highest BCUT2D eigenvalue weighted by atomic mass is 19.1. The topological polar surface area (TPSA) is 140 Å². The Morgan fingerprint density at radius 3 is 2.54 bits per heavy atom. The number of nitrogens with two attached hydrogens (primary N) is 1. The SMILES string of the molecule is NC(=O)[C@H]1CC[C@H](n2c(Nc3c(F)cc(F)cc3F)nc3cnc(N[C@@H]4CCO[C@H](CO)C4)nc32)CC1. The number of rotatable bonds is 7. The van der Waals surface area contributed by atoms with Crippen molar-refractivity contribution in [2.45, 2.75) is 56.7 Å². The molecular weight excluding hydrogens is 491 g/mol. The lowest BCUT2D eigenvalue weighted by Crippen LogP contribution is -2.36. The fourth-order valence-corrected chi connectivity index (χ4v) is 5.11. The molecule has 1 aromatic carbocycles. The molecular formula is C24H28F3N7O3. The number of carbonyl (C=O) groups is 1. The minimum Gasteiger partial charge on any atom is -0.394 e. The molecule has 2 aliphatic rings. The molecule has 10 nitrogen and oxygen atoms in total. The van der Waals surface area contributed by atoms with Gasteiger partial charge in [0.05, 0.1) is 18.9 Å². The molecule has 0 bridgehead atoms. The van der Waals surface area contributed by atoms with Gasteiger partial charge in [0, 0.05) is 36.7 Å². The van der Waals surface area contributed by atoms with Gasteiger partial charge in [0.1, 0.15) is 17.0 Å². The molecule has 5 N–H and O–H groups in total. The third kappa shape index (κ3) is 5.32. The first-order valence-electron chi connectivity index (χ1n) is 12.3. The van der Waals surface area contributed by atoms with Crippen LogP contribution in [0.5, 0.6) is 0 Å². The predicted octanol–water partition coefficient (Wildman–Crippen LogP) is 3.16. The highest BCUT2D eigenvalue weighted by Gasteiger charge is 2.30. The summed E-state index contributed by atoms with van der Waals surface area (Å²) in [5.74, 6) is -3.35. The number of hydrogen-bond acceptors (Lipinski definition) is 8. The number of amides is 1. The first-order chi connectivity index (χ1) is 17.8. The number of aromatic nitrogens is 4. The number of benzene rings is 1. The average Bonchev–Trinajstić information content (AvgIpc) is 3.23. The van der Waals surface area contributed by atoms with E-state index < -0.39 is 23.1 Å². The molecule has 2 aromatic heterocycles. The normalized spacial score (nSPS) is 24.2. The van der Waals surface area contributed by atoms with Crippen LogP contribution in [0.15, 0.2) is 18.3 Å². The average molecular weight is 520 g/mol. The van der Waals surface area contributed by atoms with E-state index in [4.69, 9.17) is 10.5 Å². The second-order valence-electron chi connectivity index (χ2n) is 9.53. The van der Waals surface area contributed by atoms with Crippen molar-refractivity contribution in [1.29, 1.82) is 0 Å². The third-order valence-electron chi connectivity index (χ3n) is 7.04. The van der Waals surface area contributed by atoms with Crippen molar-refractivity contribution in [2.75, 3.05) is 23.8 Å². The molecule has 13 heteroatoms.